The topological polar surface area (TPSA) is 82.1 Å². The Morgan fingerprint density at radius 3 is 2.67 bits per heavy atom. The van der Waals surface area contributed by atoms with Crippen LogP contribution in [0, 0.1) is 11.8 Å². The van der Waals surface area contributed by atoms with Crippen LogP contribution < -0.4 is 11.1 Å². The molecule has 3 aliphatic rings. The minimum absolute atomic E-state index is 0.00795. The first-order valence-electron chi connectivity index (χ1n) is 9.65. The molecule has 2 aromatic heterocycles. The van der Waals surface area contributed by atoms with Crippen molar-refractivity contribution in [2.75, 3.05) is 13.1 Å². The van der Waals surface area contributed by atoms with Crippen molar-refractivity contribution in [2.45, 2.75) is 38.3 Å². The Bertz CT molecular complexity index is 1030. The minimum atomic E-state index is -0.512. The first-order chi connectivity index (χ1) is 13.0. The standard InChI is InChI=1S/C19H23N5O3/c1-21-7-3-6-15(21)17(25)22-9-13-10-23-16(14(13)11-22)20-24(19(27)18(23)26)8-12-4-2-5-12/h3,6-7,12-14H,2,4-5,8-11H2,1H3/t13-,14-/m0/s1. The maximum atomic E-state index is 12.8. The molecule has 5 rings (SSSR count). The van der Waals surface area contributed by atoms with Crippen LogP contribution in [0.4, 0.5) is 0 Å². The van der Waals surface area contributed by atoms with Gasteiger partial charge in [0, 0.05) is 51.3 Å². The van der Waals surface area contributed by atoms with Gasteiger partial charge < -0.3 is 9.47 Å². The van der Waals surface area contributed by atoms with E-state index in [9.17, 15) is 14.4 Å². The van der Waals surface area contributed by atoms with E-state index in [1.165, 1.54) is 11.1 Å². The summed E-state index contributed by atoms with van der Waals surface area (Å²) in [7, 11) is 1.86. The molecular formula is C19H23N5O3. The van der Waals surface area contributed by atoms with Gasteiger partial charge >= 0.3 is 11.1 Å². The van der Waals surface area contributed by atoms with Crippen LogP contribution >= 0.6 is 0 Å². The normalized spacial score (nSPS) is 24.0. The van der Waals surface area contributed by atoms with E-state index in [4.69, 9.17) is 0 Å². The molecule has 0 N–H and O–H groups in total. The van der Waals surface area contributed by atoms with Crippen LogP contribution in [0.3, 0.4) is 0 Å². The molecule has 142 valence electrons. The minimum Gasteiger partial charge on any atom is -0.347 e. The van der Waals surface area contributed by atoms with Crippen molar-refractivity contribution in [3.05, 3.63) is 50.6 Å². The van der Waals surface area contributed by atoms with E-state index < -0.39 is 11.1 Å². The van der Waals surface area contributed by atoms with E-state index in [1.54, 1.807) is 4.57 Å². The zero-order valence-electron chi connectivity index (χ0n) is 15.4. The van der Waals surface area contributed by atoms with Gasteiger partial charge in [0.05, 0.1) is 0 Å². The molecule has 2 aromatic rings. The summed E-state index contributed by atoms with van der Waals surface area (Å²) in [5, 5.41) is 4.58. The van der Waals surface area contributed by atoms with Crippen molar-refractivity contribution >= 4 is 5.91 Å². The Morgan fingerprint density at radius 2 is 2.00 bits per heavy atom. The molecule has 8 nitrogen and oxygen atoms in total. The summed E-state index contributed by atoms with van der Waals surface area (Å²) in [5.41, 5.74) is -0.313. The Morgan fingerprint density at radius 1 is 1.19 bits per heavy atom. The summed E-state index contributed by atoms with van der Waals surface area (Å²) in [5.74, 6) is 1.30. The van der Waals surface area contributed by atoms with Crippen molar-refractivity contribution < 1.29 is 4.79 Å². The molecule has 0 bridgehead atoms. The Labute approximate surface area is 156 Å². The summed E-state index contributed by atoms with van der Waals surface area (Å²) in [6, 6.07) is 3.68. The van der Waals surface area contributed by atoms with E-state index in [2.05, 4.69) is 5.10 Å². The second-order valence-electron chi connectivity index (χ2n) is 8.14. The van der Waals surface area contributed by atoms with Gasteiger partial charge in [0.15, 0.2) is 0 Å². The van der Waals surface area contributed by atoms with Gasteiger partial charge in [0.1, 0.15) is 11.5 Å². The second-order valence-corrected chi connectivity index (χ2v) is 8.14. The molecule has 27 heavy (non-hydrogen) atoms. The lowest BCUT2D eigenvalue weighted by Crippen LogP contribution is -2.45. The summed E-state index contributed by atoms with van der Waals surface area (Å²) in [6.45, 7) is 2.14. The van der Waals surface area contributed by atoms with Gasteiger partial charge in [-0.1, -0.05) is 6.42 Å². The monoisotopic (exact) mass is 369 g/mol. The van der Waals surface area contributed by atoms with Gasteiger partial charge in [0.2, 0.25) is 0 Å². The lowest BCUT2D eigenvalue weighted by atomic mass is 9.85. The third kappa shape index (κ3) is 2.49. The number of nitrogens with zero attached hydrogens (tertiary/aromatic N) is 5. The maximum Gasteiger partial charge on any atom is 0.332 e. The van der Waals surface area contributed by atoms with Crippen LogP contribution in [-0.2, 0) is 20.1 Å². The van der Waals surface area contributed by atoms with Gasteiger partial charge in [-0.15, -0.1) is 0 Å². The predicted octanol–water partition coefficient (Wildman–Crippen LogP) is 0.413. The summed E-state index contributed by atoms with van der Waals surface area (Å²) in [4.78, 5) is 39.6. The number of rotatable bonds is 3. The Balaban J connectivity index is 1.44. The smallest absolute Gasteiger partial charge is 0.332 e. The van der Waals surface area contributed by atoms with Gasteiger partial charge in [0.25, 0.3) is 5.91 Å². The molecule has 2 fully saturated rings. The van der Waals surface area contributed by atoms with Gasteiger partial charge in [-0.05, 0) is 30.9 Å². The number of fused-ring (bicyclic) bond motifs is 3. The van der Waals surface area contributed by atoms with Crippen molar-refractivity contribution in [1.82, 2.24) is 23.8 Å². The highest BCUT2D eigenvalue weighted by Crippen LogP contribution is 2.37. The molecule has 0 radical (unpaired) electrons. The van der Waals surface area contributed by atoms with Gasteiger partial charge in [-0.2, -0.15) is 5.10 Å². The summed E-state index contributed by atoms with van der Waals surface area (Å²) in [6.07, 6.45) is 5.24. The molecule has 1 aliphatic carbocycles. The Kier molecular flexibility index (Phi) is 3.63. The zero-order chi connectivity index (χ0) is 18.7. The quantitative estimate of drug-likeness (QED) is 0.734. The number of hydrogen-bond acceptors (Lipinski definition) is 4. The van der Waals surface area contributed by atoms with E-state index >= 15 is 0 Å². The predicted molar refractivity (Wildman–Crippen MR) is 97.6 cm³/mol. The fraction of sp³-hybridized carbons (Fsp3) is 0.579. The van der Waals surface area contributed by atoms with Crippen LogP contribution in [0.2, 0.25) is 0 Å². The van der Waals surface area contributed by atoms with Crippen molar-refractivity contribution in [1.29, 1.82) is 0 Å². The van der Waals surface area contributed by atoms with E-state index in [0.29, 0.717) is 43.6 Å². The van der Waals surface area contributed by atoms with Crippen LogP contribution in [-0.4, -0.2) is 42.8 Å². The largest absolute Gasteiger partial charge is 0.347 e. The number of aryl methyl sites for hydroxylation is 1. The highest BCUT2D eigenvalue weighted by molar-refractivity contribution is 5.93. The van der Waals surface area contributed by atoms with Crippen molar-refractivity contribution in [2.24, 2.45) is 18.9 Å². The first kappa shape index (κ1) is 16.5. The zero-order valence-corrected chi connectivity index (χ0v) is 15.4. The van der Waals surface area contributed by atoms with Gasteiger partial charge in [-0.25, -0.2) is 4.68 Å². The molecule has 0 aromatic carbocycles. The molecule has 4 heterocycles. The lowest BCUT2D eigenvalue weighted by molar-refractivity contribution is 0.0773. The van der Waals surface area contributed by atoms with Crippen molar-refractivity contribution in [3.8, 4) is 0 Å². The fourth-order valence-corrected chi connectivity index (χ4v) is 4.64. The number of likely N-dealkylation sites (tertiary alicyclic amines) is 1. The summed E-state index contributed by atoms with van der Waals surface area (Å²) >= 11 is 0. The highest BCUT2D eigenvalue weighted by atomic mass is 16.2. The number of aromatic nitrogens is 4. The average molecular weight is 369 g/mol. The van der Waals surface area contributed by atoms with Crippen LogP contribution in [0.15, 0.2) is 27.9 Å². The molecule has 1 saturated carbocycles. The van der Waals surface area contributed by atoms with Crippen LogP contribution in [0.25, 0.3) is 0 Å². The fourth-order valence-electron chi connectivity index (χ4n) is 4.64. The molecule has 1 saturated heterocycles. The molecule has 0 unspecified atom stereocenters. The first-order valence-corrected chi connectivity index (χ1v) is 9.65. The van der Waals surface area contributed by atoms with Crippen LogP contribution in [0.5, 0.6) is 0 Å². The van der Waals surface area contributed by atoms with E-state index in [0.717, 1.165) is 12.8 Å². The number of carbonyl (C=O) groups is 1. The van der Waals surface area contributed by atoms with E-state index in [-0.39, 0.29) is 17.7 Å². The molecule has 0 spiro atoms. The molecule has 1 amide bonds. The lowest BCUT2D eigenvalue weighted by Gasteiger charge is -2.25. The van der Waals surface area contributed by atoms with Gasteiger partial charge in [-0.3, -0.25) is 19.0 Å². The number of amides is 1. The third-order valence-corrected chi connectivity index (χ3v) is 6.46. The molecule has 2 aliphatic heterocycles. The molecule has 2 atom stereocenters. The van der Waals surface area contributed by atoms with Crippen molar-refractivity contribution in [3.63, 3.8) is 0 Å². The number of hydrogen-bond donors (Lipinski definition) is 0. The Hall–Kier alpha value is -2.64. The molecular weight excluding hydrogens is 346 g/mol. The molecule has 8 heteroatoms. The highest BCUT2D eigenvalue weighted by Gasteiger charge is 2.44. The third-order valence-electron chi connectivity index (χ3n) is 6.46. The number of carbonyl (C=O) groups excluding carboxylic acids is 1. The van der Waals surface area contributed by atoms with Crippen LogP contribution in [0.1, 0.15) is 41.5 Å². The van der Waals surface area contributed by atoms with E-state index in [1.807, 2.05) is 34.8 Å². The second kappa shape index (κ2) is 5.94. The SMILES string of the molecule is Cn1cccc1C(=O)N1C[C@H]2Cn3c(nn(CC4CCC4)c(=O)c3=O)[C@H]2C1. The summed E-state index contributed by atoms with van der Waals surface area (Å²) < 4.78 is 4.74. The average Bonchev–Trinajstić information content (AvgIpc) is 3.29. The maximum absolute atomic E-state index is 12.8.